The Hall–Kier alpha value is -0.450. The molecule has 2 rings (SSSR count). The van der Waals surface area contributed by atoms with Crippen molar-refractivity contribution in [3.63, 3.8) is 0 Å². The van der Waals surface area contributed by atoms with Crippen LogP contribution in [0, 0.1) is 5.82 Å². The lowest BCUT2D eigenvalue weighted by atomic mass is 9.96. The molecule has 4 heteroatoms. The maximum atomic E-state index is 13.7. The maximum absolute atomic E-state index is 13.7. The largest absolute Gasteiger partial charge is 0.326 e. The molecule has 1 aromatic rings. The van der Waals surface area contributed by atoms with Crippen molar-refractivity contribution in [1.29, 1.82) is 0 Å². The van der Waals surface area contributed by atoms with Gasteiger partial charge in [-0.2, -0.15) is 0 Å². The van der Waals surface area contributed by atoms with Gasteiger partial charge in [0.2, 0.25) is 0 Å². The summed E-state index contributed by atoms with van der Waals surface area (Å²) in [5.41, 5.74) is 7.28. The average Bonchev–Trinajstić information content (AvgIpc) is 2.54. The topological polar surface area (TPSA) is 29.3 Å². The molecule has 0 aliphatic carbocycles. The van der Waals surface area contributed by atoms with Crippen LogP contribution in [0.3, 0.4) is 0 Å². The van der Waals surface area contributed by atoms with Gasteiger partial charge in [-0.05, 0) is 59.6 Å². The van der Waals surface area contributed by atoms with Gasteiger partial charge in [0.25, 0.3) is 0 Å². The fourth-order valence-electron chi connectivity index (χ4n) is 2.77. The van der Waals surface area contributed by atoms with Gasteiger partial charge in [0, 0.05) is 12.1 Å². The number of hydrogen-bond donors (Lipinski definition) is 1. The Morgan fingerprint density at radius 1 is 1.44 bits per heavy atom. The summed E-state index contributed by atoms with van der Waals surface area (Å²) in [5.74, 6) is -0.208. The van der Waals surface area contributed by atoms with Crippen LogP contribution in [0.5, 0.6) is 0 Å². The van der Waals surface area contributed by atoms with E-state index in [1.807, 2.05) is 6.07 Å². The number of likely N-dealkylation sites (N-methyl/N-ethyl adjacent to an activating group) is 1. The van der Waals surface area contributed by atoms with E-state index in [2.05, 4.69) is 27.8 Å². The zero-order valence-electron chi connectivity index (χ0n) is 10.7. The van der Waals surface area contributed by atoms with Gasteiger partial charge in [-0.25, -0.2) is 4.39 Å². The molecule has 0 bridgehead atoms. The molecule has 1 fully saturated rings. The molecule has 18 heavy (non-hydrogen) atoms. The highest BCUT2D eigenvalue weighted by molar-refractivity contribution is 9.10. The Morgan fingerprint density at radius 3 is 2.89 bits per heavy atom. The van der Waals surface area contributed by atoms with E-state index in [-0.39, 0.29) is 17.9 Å². The van der Waals surface area contributed by atoms with Gasteiger partial charge in [-0.15, -0.1) is 0 Å². The lowest BCUT2D eigenvalue weighted by molar-refractivity contribution is 0.195. The smallest absolute Gasteiger partial charge is 0.137 e. The number of hydrogen-bond acceptors (Lipinski definition) is 2. The molecule has 1 aromatic carbocycles. The van der Waals surface area contributed by atoms with Crippen molar-refractivity contribution in [1.82, 2.24) is 4.90 Å². The van der Waals surface area contributed by atoms with Crippen molar-refractivity contribution in [3.05, 3.63) is 34.1 Å². The third kappa shape index (κ3) is 2.92. The molecule has 1 heterocycles. The predicted octanol–water partition coefficient (Wildman–Crippen LogP) is 3.46. The molecule has 1 saturated heterocycles. The molecule has 2 unspecified atom stereocenters. The van der Waals surface area contributed by atoms with Crippen LogP contribution in [-0.4, -0.2) is 24.0 Å². The van der Waals surface area contributed by atoms with E-state index in [1.165, 1.54) is 6.42 Å². The second-order valence-corrected chi connectivity index (χ2v) is 5.76. The molecule has 0 saturated carbocycles. The zero-order chi connectivity index (χ0) is 13.1. The third-order valence-corrected chi connectivity index (χ3v) is 4.37. The Labute approximate surface area is 116 Å². The van der Waals surface area contributed by atoms with Crippen LogP contribution in [0.2, 0.25) is 0 Å². The second kappa shape index (κ2) is 6.13. The van der Waals surface area contributed by atoms with Gasteiger partial charge in [0.15, 0.2) is 0 Å². The number of rotatable bonds is 2. The monoisotopic (exact) mass is 314 g/mol. The summed E-state index contributed by atoms with van der Waals surface area (Å²) in [6, 6.07) is 5.60. The van der Waals surface area contributed by atoms with Crippen LogP contribution >= 0.6 is 15.9 Å². The van der Waals surface area contributed by atoms with Gasteiger partial charge in [-0.3, -0.25) is 4.90 Å². The van der Waals surface area contributed by atoms with Crippen LogP contribution in [0.15, 0.2) is 22.7 Å². The van der Waals surface area contributed by atoms with Crippen LogP contribution in [0.1, 0.15) is 37.8 Å². The van der Waals surface area contributed by atoms with E-state index in [0.29, 0.717) is 4.47 Å². The van der Waals surface area contributed by atoms with Gasteiger partial charge in [0.1, 0.15) is 5.82 Å². The Kier molecular flexibility index (Phi) is 4.76. The highest BCUT2D eigenvalue weighted by Gasteiger charge is 2.28. The van der Waals surface area contributed by atoms with Crippen molar-refractivity contribution in [3.8, 4) is 0 Å². The summed E-state index contributed by atoms with van der Waals surface area (Å²) >= 11 is 3.20. The first-order valence-electron chi connectivity index (χ1n) is 6.58. The molecule has 2 N–H and O–H groups in total. The summed E-state index contributed by atoms with van der Waals surface area (Å²) in [7, 11) is 0. The van der Waals surface area contributed by atoms with Crippen LogP contribution in [0.25, 0.3) is 0 Å². The van der Waals surface area contributed by atoms with E-state index in [4.69, 9.17) is 5.73 Å². The van der Waals surface area contributed by atoms with Crippen molar-refractivity contribution in [2.24, 2.45) is 5.73 Å². The number of benzene rings is 1. The van der Waals surface area contributed by atoms with Crippen LogP contribution < -0.4 is 5.73 Å². The maximum Gasteiger partial charge on any atom is 0.137 e. The minimum atomic E-state index is -0.208. The third-order valence-electron chi connectivity index (χ3n) is 3.72. The average molecular weight is 315 g/mol. The molecular formula is C14H20BrFN2. The highest BCUT2D eigenvalue weighted by Crippen LogP contribution is 2.31. The summed E-state index contributed by atoms with van der Waals surface area (Å²) in [6.07, 6.45) is 3.35. The number of likely N-dealkylation sites (tertiary alicyclic amines) is 1. The first kappa shape index (κ1) is 14.0. The van der Waals surface area contributed by atoms with E-state index in [1.54, 1.807) is 12.1 Å². The highest BCUT2D eigenvalue weighted by atomic mass is 79.9. The molecule has 0 aromatic heterocycles. The van der Waals surface area contributed by atoms with Crippen molar-refractivity contribution < 1.29 is 4.39 Å². The predicted molar refractivity (Wildman–Crippen MR) is 75.9 cm³/mol. The number of nitrogens with zero attached hydrogens (tertiary/aromatic N) is 1. The van der Waals surface area contributed by atoms with E-state index in [0.717, 1.165) is 31.5 Å². The quantitative estimate of drug-likeness (QED) is 0.905. The molecule has 0 radical (unpaired) electrons. The summed E-state index contributed by atoms with van der Waals surface area (Å²) < 4.78 is 14.2. The molecule has 2 atom stereocenters. The fourth-order valence-corrected chi connectivity index (χ4v) is 3.02. The first-order chi connectivity index (χ1) is 8.63. The summed E-state index contributed by atoms with van der Waals surface area (Å²) in [4.78, 5) is 2.36. The van der Waals surface area contributed by atoms with Crippen LogP contribution in [0.4, 0.5) is 4.39 Å². The Balaban J connectivity index is 2.33. The molecule has 100 valence electrons. The Morgan fingerprint density at radius 2 is 2.22 bits per heavy atom. The zero-order valence-corrected chi connectivity index (χ0v) is 12.3. The molecule has 2 nitrogen and oxygen atoms in total. The normalized spacial score (nSPS) is 26.0. The second-order valence-electron chi connectivity index (χ2n) is 4.91. The van der Waals surface area contributed by atoms with Crippen molar-refractivity contribution >= 4 is 15.9 Å². The van der Waals surface area contributed by atoms with Gasteiger partial charge in [0.05, 0.1) is 4.47 Å². The number of halogens is 2. The van der Waals surface area contributed by atoms with E-state index >= 15 is 0 Å². The first-order valence-corrected chi connectivity index (χ1v) is 7.37. The van der Waals surface area contributed by atoms with Crippen molar-refractivity contribution in [2.45, 2.75) is 38.3 Å². The van der Waals surface area contributed by atoms with Gasteiger partial charge in [-0.1, -0.05) is 19.4 Å². The minimum Gasteiger partial charge on any atom is -0.326 e. The lowest BCUT2D eigenvalue weighted by Gasteiger charge is -2.33. The molecular weight excluding hydrogens is 295 g/mol. The molecule has 0 spiro atoms. The SMILES string of the molecule is CCN1CCCCC(N)C1c1ccc(Br)c(F)c1. The Bertz CT molecular complexity index is 411. The van der Waals surface area contributed by atoms with E-state index in [9.17, 15) is 4.39 Å². The molecule has 0 amide bonds. The summed E-state index contributed by atoms with van der Waals surface area (Å²) in [5, 5.41) is 0. The van der Waals surface area contributed by atoms with E-state index < -0.39 is 0 Å². The van der Waals surface area contributed by atoms with Crippen molar-refractivity contribution in [2.75, 3.05) is 13.1 Å². The van der Waals surface area contributed by atoms with Gasteiger partial charge >= 0.3 is 0 Å². The standard InChI is InChI=1S/C14H20BrFN2/c1-2-18-8-4-3-5-13(17)14(18)10-6-7-11(15)12(16)9-10/h6-7,9,13-14H,2-5,8,17H2,1H3. The fraction of sp³-hybridized carbons (Fsp3) is 0.571. The number of nitrogens with two attached hydrogens (primary N) is 1. The lowest BCUT2D eigenvalue weighted by Crippen LogP contribution is -2.39. The molecule has 1 aliphatic rings. The summed E-state index contributed by atoms with van der Waals surface area (Å²) in [6.45, 7) is 4.14. The van der Waals surface area contributed by atoms with Gasteiger partial charge < -0.3 is 5.73 Å². The molecule has 1 aliphatic heterocycles. The minimum absolute atomic E-state index is 0.0908. The van der Waals surface area contributed by atoms with Crippen LogP contribution in [-0.2, 0) is 0 Å².